The predicted molar refractivity (Wildman–Crippen MR) is 194 cm³/mol. The Morgan fingerprint density at radius 3 is 1.00 bits per heavy atom. The Hall–Kier alpha value is -4.14. The van der Waals surface area contributed by atoms with Crippen LogP contribution in [0.4, 0.5) is 0 Å². The van der Waals surface area contributed by atoms with Gasteiger partial charge in [-0.25, -0.2) is 0 Å². The van der Waals surface area contributed by atoms with Gasteiger partial charge in [-0.15, -0.1) is 0 Å². The lowest BCUT2D eigenvalue weighted by molar-refractivity contribution is -0.365. The van der Waals surface area contributed by atoms with Crippen molar-refractivity contribution < 1.29 is 5.73 Å². The maximum Gasteiger partial charge on any atom is 0.0866 e. The molecule has 6 nitrogen and oxygen atoms in total. The van der Waals surface area contributed by atoms with E-state index in [-0.39, 0.29) is 0 Å². The lowest BCUT2D eigenvalue weighted by Gasteiger charge is -2.05. The van der Waals surface area contributed by atoms with E-state index in [1.165, 1.54) is 33.4 Å². The fourth-order valence-electron chi connectivity index (χ4n) is 4.84. The van der Waals surface area contributed by atoms with Gasteiger partial charge < -0.3 is 33.2 Å². The highest BCUT2D eigenvalue weighted by Crippen LogP contribution is 2.19. The van der Waals surface area contributed by atoms with Gasteiger partial charge in [0.15, 0.2) is 0 Å². The first kappa shape index (κ1) is 33.7. The minimum Gasteiger partial charge on any atom is -0.357 e. The minimum atomic E-state index is 0.646. The number of nitrogens with one attached hydrogen (secondary N) is 3. The van der Waals surface area contributed by atoms with Gasteiger partial charge in [-0.3, -0.25) is 0 Å². The maximum absolute atomic E-state index is 5.59. The molecule has 4 rings (SSSR count). The summed E-state index contributed by atoms with van der Waals surface area (Å²) in [7, 11) is 0. The monoisotopic (exact) mass is 601 g/mol. The molecule has 0 atom stereocenters. The van der Waals surface area contributed by atoms with Crippen LogP contribution in [-0.4, -0.2) is 39.3 Å². The van der Waals surface area contributed by atoms with Crippen LogP contribution in [0.2, 0.25) is 0 Å². The third-order valence-electron chi connectivity index (χ3n) is 7.33. The van der Waals surface area contributed by atoms with Gasteiger partial charge in [0.2, 0.25) is 0 Å². The van der Waals surface area contributed by atoms with E-state index in [9.17, 15) is 0 Å². The van der Waals surface area contributed by atoms with Crippen LogP contribution in [0.15, 0.2) is 91.0 Å². The maximum atomic E-state index is 5.59. The molecule has 0 amide bonds. The zero-order valence-electron chi connectivity index (χ0n) is 26.4. The summed E-state index contributed by atoms with van der Waals surface area (Å²) < 4.78 is 0. The molecule has 0 saturated heterocycles. The molecule has 10 N–H and O–H groups in total. The Balaban J connectivity index is 1.51. The Bertz CT molecular complexity index is 1310. The highest BCUT2D eigenvalue weighted by atomic mass is 14.9. The molecule has 0 radical (unpaired) electrons. The molecule has 0 fully saturated rings. The first-order valence-electron chi connectivity index (χ1n) is 15.9. The molecule has 0 saturated carbocycles. The van der Waals surface area contributed by atoms with Gasteiger partial charge in [0.05, 0.1) is 6.54 Å². The first-order valence-corrected chi connectivity index (χ1v) is 15.9. The van der Waals surface area contributed by atoms with E-state index in [1.54, 1.807) is 0 Å². The number of benzene rings is 4. The third kappa shape index (κ3) is 12.4. The van der Waals surface area contributed by atoms with E-state index in [4.69, 9.17) is 11.5 Å². The number of hydrogen-bond donors (Lipinski definition) is 6. The average Bonchev–Trinajstić information content (AvgIpc) is 3.07. The van der Waals surface area contributed by atoms with E-state index < -0.39 is 0 Å². The van der Waals surface area contributed by atoms with Crippen molar-refractivity contribution in [2.75, 3.05) is 39.3 Å². The van der Waals surface area contributed by atoms with E-state index in [1.807, 2.05) is 0 Å². The summed E-state index contributed by atoms with van der Waals surface area (Å²) in [5.41, 5.74) is 25.8. The van der Waals surface area contributed by atoms with Gasteiger partial charge in [-0.2, -0.15) is 0 Å². The molecular formula is C39H49N6+. The molecule has 0 aliphatic carbocycles. The lowest BCUT2D eigenvalue weighted by atomic mass is 10.0. The lowest BCUT2D eigenvalue weighted by Crippen LogP contribution is -2.54. The summed E-state index contributed by atoms with van der Waals surface area (Å²) in [5.74, 6) is 0. The molecule has 0 aliphatic heterocycles. The van der Waals surface area contributed by atoms with Crippen LogP contribution in [0.25, 0.3) is 36.5 Å². The summed E-state index contributed by atoms with van der Waals surface area (Å²) in [4.78, 5) is 0. The van der Waals surface area contributed by atoms with E-state index in [2.05, 4.69) is 149 Å². The summed E-state index contributed by atoms with van der Waals surface area (Å²) in [6, 6.07) is 32.7. The molecule has 0 aliphatic rings. The molecule has 6 heteroatoms. The van der Waals surface area contributed by atoms with Crippen LogP contribution in [0.5, 0.6) is 0 Å². The second-order valence-electron chi connectivity index (χ2n) is 11.1. The first-order chi connectivity index (χ1) is 22.1. The fourth-order valence-corrected chi connectivity index (χ4v) is 4.84. The predicted octanol–water partition coefficient (Wildman–Crippen LogP) is 4.63. The fraction of sp³-hybridized carbons (Fsp3) is 0.231. The average molecular weight is 602 g/mol. The summed E-state index contributed by atoms with van der Waals surface area (Å²) in [6.45, 7) is 7.28. The van der Waals surface area contributed by atoms with Crippen LogP contribution in [-0.2, 0) is 19.6 Å². The van der Waals surface area contributed by atoms with Crippen molar-refractivity contribution in [1.82, 2.24) is 16.0 Å². The third-order valence-corrected chi connectivity index (χ3v) is 7.33. The summed E-state index contributed by atoms with van der Waals surface area (Å²) in [6.07, 6.45) is 13.1. The van der Waals surface area contributed by atoms with Gasteiger partial charge in [-0.05, 0) is 68.3 Å². The Morgan fingerprint density at radius 2 is 0.711 bits per heavy atom. The molecule has 0 heterocycles. The Labute approximate surface area is 269 Å². The summed E-state index contributed by atoms with van der Waals surface area (Å²) >= 11 is 0. The van der Waals surface area contributed by atoms with Gasteiger partial charge >= 0.3 is 0 Å². The van der Waals surface area contributed by atoms with E-state index in [0.29, 0.717) is 13.1 Å². The summed E-state index contributed by atoms with van der Waals surface area (Å²) in [5, 5.41) is 10.1. The Morgan fingerprint density at radius 1 is 0.422 bits per heavy atom. The second-order valence-corrected chi connectivity index (χ2v) is 11.1. The van der Waals surface area contributed by atoms with Crippen LogP contribution < -0.4 is 33.2 Å². The van der Waals surface area contributed by atoms with E-state index >= 15 is 0 Å². The molecule has 45 heavy (non-hydrogen) atoms. The van der Waals surface area contributed by atoms with Gasteiger partial charge in [0.25, 0.3) is 0 Å². The number of rotatable bonds is 18. The highest BCUT2D eigenvalue weighted by Gasteiger charge is 2.00. The molecule has 0 spiro atoms. The van der Waals surface area contributed by atoms with Gasteiger partial charge in [0.1, 0.15) is 0 Å². The van der Waals surface area contributed by atoms with Crippen LogP contribution >= 0.6 is 0 Å². The van der Waals surface area contributed by atoms with Gasteiger partial charge in [0, 0.05) is 52.4 Å². The number of hydrogen-bond acceptors (Lipinski definition) is 5. The van der Waals surface area contributed by atoms with Crippen molar-refractivity contribution in [1.29, 1.82) is 0 Å². The van der Waals surface area contributed by atoms with Crippen LogP contribution in [0, 0.1) is 0 Å². The normalized spacial score (nSPS) is 11.8. The Kier molecular flexibility index (Phi) is 14.5. The molecule has 234 valence electrons. The molecule has 4 aromatic carbocycles. The van der Waals surface area contributed by atoms with Crippen molar-refractivity contribution >= 4 is 36.5 Å². The number of nitrogens with two attached hydrogens (primary N) is 2. The molecule has 4 aromatic rings. The zero-order chi connectivity index (χ0) is 31.5. The standard InChI is InChI=1S/C39H48N6/c40-19-22-43-28-34-10-1-31(2-11-34)7-16-37-25-38(17-8-32-3-12-35(13-4-32)29-44-23-20-41)27-39(26-37)18-9-33-5-14-36(15-6-33)30-45-24-21-42/h1-18,25-27,43-45H,19-24,28-30,40-42H2/p+1/b16-7+,17-8+,18-9+. The van der Waals surface area contributed by atoms with Crippen molar-refractivity contribution in [2.45, 2.75) is 19.6 Å². The molecule has 0 unspecified atom stereocenters. The highest BCUT2D eigenvalue weighted by molar-refractivity contribution is 5.78. The van der Waals surface area contributed by atoms with Crippen molar-refractivity contribution in [3.05, 3.63) is 141 Å². The molecule has 0 aromatic heterocycles. The second kappa shape index (κ2) is 19.3. The smallest absolute Gasteiger partial charge is 0.0866 e. The minimum absolute atomic E-state index is 0.646. The topological polar surface area (TPSA) is 116 Å². The quantitative estimate of drug-likeness (QED) is 0.0735. The van der Waals surface area contributed by atoms with Crippen molar-refractivity contribution in [3.63, 3.8) is 0 Å². The largest absolute Gasteiger partial charge is 0.357 e. The molecule has 0 bridgehead atoms. The molecular weight excluding hydrogens is 552 g/mol. The SMILES string of the molecule is NCCNCc1ccc(/C=C/c2cc(/C=C/c3ccc(CNCCN)cc3)cc(/C=C/c3ccc(CNCC[NH3+])cc3)c2)cc1. The zero-order valence-corrected chi connectivity index (χ0v) is 26.4. The van der Waals surface area contributed by atoms with Crippen molar-refractivity contribution in [3.8, 4) is 0 Å². The number of quaternary nitrogens is 1. The van der Waals surface area contributed by atoms with E-state index in [0.717, 1.165) is 62.5 Å². The van der Waals surface area contributed by atoms with Gasteiger partial charge in [-0.1, -0.05) is 109 Å². The van der Waals surface area contributed by atoms with Crippen LogP contribution in [0.1, 0.15) is 50.1 Å². The van der Waals surface area contributed by atoms with Crippen LogP contribution in [0.3, 0.4) is 0 Å². The van der Waals surface area contributed by atoms with Crippen molar-refractivity contribution in [2.24, 2.45) is 11.5 Å².